The minimum Gasteiger partial charge on any atom is -0.456 e. The van der Waals surface area contributed by atoms with Gasteiger partial charge in [0, 0.05) is 11.8 Å². The number of ether oxygens (including phenoxy) is 3. The Morgan fingerprint density at radius 1 is 1.10 bits per heavy atom. The molecule has 1 atom stereocenters. The lowest BCUT2D eigenvalue weighted by Crippen LogP contribution is -2.49. The van der Waals surface area contributed by atoms with E-state index in [2.05, 4.69) is 10.6 Å². The van der Waals surface area contributed by atoms with Crippen molar-refractivity contribution in [2.75, 3.05) is 25.3 Å². The van der Waals surface area contributed by atoms with E-state index in [4.69, 9.17) is 14.2 Å². The molecule has 3 amide bonds. The average Bonchev–Trinajstić information content (AvgIpc) is 3.37. The molecule has 2 aromatic rings. The van der Waals surface area contributed by atoms with Crippen LogP contribution < -0.4 is 20.1 Å². The molecule has 3 aliphatic rings. The van der Waals surface area contributed by atoms with E-state index in [1.54, 1.807) is 18.2 Å². The van der Waals surface area contributed by atoms with Gasteiger partial charge in [-0.25, -0.2) is 9.59 Å². The van der Waals surface area contributed by atoms with Gasteiger partial charge in [0.15, 0.2) is 11.5 Å². The topological polar surface area (TPSA) is 106 Å². The zero-order valence-electron chi connectivity index (χ0n) is 16.6. The van der Waals surface area contributed by atoms with Gasteiger partial charge in [0.2, 0.25) is 12.7 Å². The standard InChI is InChI=1S/C22H19N3O6/c1-12-2-4-13(5-3-12)20-19-15(10-29-21(19)27)25(22(28)24-20)9-18(26)23-14-6-7-16-17(8-14)31-11-30-16/h2-8,20H,9-11H2,1H3,(H,23,26)(H,24,28)/t20-/m0/s1. The smallest absolute Gasteiger partial charge is 0.338 e. The van der Waals surface area contributed by atoms with E-state index >= 15 is 0 Å². The van der Waals surface area contributed by atoms with Crippen LogP contribution in [0.1, 0.15) is 17.2 Å². The Balaban J connectivity index is 1.37. The van der Waals surface area contributed by atoms with Gasteiger partial charge in [-0.2, -0.15) is 0 Å². The molecule has 5 rings (SSSR count). The number of benzene rings is 2. The lowest BCUT2D eigenvalue weighted by Gasteiger charge is -2.32. The highest BCUT2D eigenvalue weighted by Crippen LogP contribution is 2.36. The van der Waals surface area contributed by atoms with Crippen molar-refractivity contribution >= 4 is 23.6 Å². The van der Waals surface area contributed by atoms with Gasteiger partial charge in [0.05, 0.1) is 17.3 Å². The number of carbonyl (C=O) groups excluding carboxylic acids is 3. The molecule has 0 aliphatic carbocycles. The number of rotatable bonds is 4. The normalized spacial score (nSPS) is 19.1. The number of urea groups is 1. The first-order chi connectivity index (χ1) is 15.0. The monoisotopic (exact) mass is 421 g/mol. The highest BCUT2D eigenvalue weighted by molar-refractivity contribution is 6.00. The quantitative estimate of drug-likeness (QED) is 0.734. The molecular formula is C22H19N3O6. The van der Waals surface area contributed by atoms with Crippen LogP contribution in [0.3, 0.4) is 0 Å². The molecule has 0 aromatic heterocycles. The number of hydrogen-bond acceptors (Lipinski definition) is 6. The van der Waals surface area contributed by atoms with Crippen LogP contribution in [0.4, 0.5) is 10.5 Å². The Morgan fingerprint density at radius 2 is 1.87 bits per heavy atom. The predicted molar refractivity (Wildman–Crippen MR) is 108 cm³/mol. The van der Waals surface area contributed by atoms with Crippen molar-refractivity contribution < 1.29 is 28.6 Å². The fourth-order valence-electron chi connectivity index (χ4n) is 3.81. The third kappa shape index (κ3) is 3.43. The van der Waals surface area contributed by atoms with Crippen molar-refractivity contribution in [3.8, 4) is 11.5 Å². The molecule has 0 saturated heterocycles. The number of nitrogens with one attached hydrogen (secondary N) is 2. The summed E-state index contributed by atoms with van der Waals surface area (Å²) in [5.41, 5.74) is 3.10. The summed E-state index contributed by atoms with van der Waals surface area (Å²) in [4.78, 5) is 39.1. The number of cyclic esters (lactones) is 1. The summed E-state index contributed by atoms with van der Waals surface area (Å²) < 4.78 is 15.8. The minimum absolute atomic E-state index is 0.0543. The lowest BCUT2D eigenvalue weighted by molar-refractivity contribution is -0.136. The van der Waals surface area contributed by atoms with Crippen molar-refractivity contribution in [2.24, 2.45) is 0 Å². The first kappa shape index (κ1) is 19.0. The molecular weight excluding hydrogens is 402 g/mol. The van der Waals surface area contributed by atoms with Crippen LogP contribution in [-0.2, 0) is 14.3 Å². The Morgan fingerprint density at radius 3 is 2.68 bits per heavy atom. The molecule has 31 heavy (non-hydrogen) atoms. The largest absolute Gasteiger partial charge is 0.456 e. The minimum atomic E-state index is -0.619. The highest BCUT2D eigenvalue weighted by atomic mass is 16.7. The zero-order chi connectivity index (χ0) is 21.5. The molecule has 0 saturated carbocycles. The third-order valence-electron chi connectivity index (χ3n) is 5.37. The van der Waals surface area contributed by atoms with Crippen LogP contribution in [0.2, 0.25) is 0 Å². The average molecular weight is 421 g/mol. The van der Waals surface area contributed by atoms with Gasteiger partial charge in [0.1, 0.15) is 13.2 Å². The van der Waals surface area contributed by atoms with Gasteiger partial charge in [-0.05, 0) is 24.6 Å². The van der Waals surface area contributed by atoms with Gasteiger partial charge in [-0.3, -0.25) is 9.69 Å². The molecule has 2 N–H and O–H groups in total. The summed E-state index contributed by atoms with van der Waals surface area (Å²) in [6.07, 6.45) is 0. The molecule has 9 nitrogen and oxygen atoms in total. The van der Waals surface area contributed by atoms with Crippen LogP contribution in [0, 0.1) is 6.92 Å². The summed E-state index contributed by atoms with van der Waals surface area (Å²) in [6, 6.07) is 11.5. The van der Waals surface area contributed by atoms with E-state index in [1.165, 1.54) is 4.90 Å². The van der Waals surface area contributed by atoms with Gasteiger partial charge >= 0.3 is 12.0 Å². The first-order valence-corrected chi connectivity index (χ1v) is 9.74. The maximum atomic E-state index is 12.8. The maximum absolute atomic E-state index is 12.8. The van der Waals surface area contributed by atoms with Crippen molar-refractivity contribution in [3.63, 3.8) is 0 Å². The number of amides is 3. The number of hydrogen-bond donors (Lipinski definition) is 2. The maximum Gasteiger partial charge on any atom is 0.338 e. The summed E-state index contributed by atoms with van der Waals surface area (Å²) in [6.45, 7) is 1.77. The fraction of sp³-hybridized carbons (Fsp3) is 0.227. The number of nitrogens with zero attached hydrogens (tertiary/aromatic N) is 1. The van der Waals surface area contributed by atoms with E-state index in [1.807, 2.05) is 31.2 Å². The molecule has 3 heterocycles. The molecule has 0 radical (unpaired) electrons. The molecule has 0 bridgehead atoms. The number of aryl methyl sites for hydroxylation is 1. The van der Waals surface area contributed by atoms with Crippen LogP contribution in [0.15, 0.2) is 53.7 Å². The molecule has 0 spiro atoms. The van der Waals surface area contributed by atoms with Gasteiger partial charge in [-0.1, -0.05) is 29.8 Å². The van der Waals surface area contributed by atoms with Crippen LogP contribution in [0.5, 0.6) is 11.5 Å². The zero-order valence-corrected chi connectivity index (χ0v) is 16.6. The Bertz CT molecular complexity index is 1120. The van der Waals surface area contributed by atoms with Crippen molar-refractivity contribution in [1.82, 2.24) is 10.2 Å². The van der Waals surface area contributed by atoms with Crippen molar-refractivity contribution in [2.45, 2.75) is 13.0 Å². The summed E-state index contributed by atoms with van der Waals surface area (Å²) >= 11 is 0. The number of esters is 1. The Hall–Kier alpha value is -4.01. The first-order valence-electron chi connectivity index (χ1n) is 9.74. The lowest BCUT2D eigenvalue weighted by atomic mass is 9.95. The van der Waals surface area contributed by atoms with E-state index in [-0.39, 0.29) is 19.9 Å². The van der Waals surface area contributed by atoms with Gasteiger partial charge in [0.25, 0.3) is 0 Å². The SMILES string of the molecule is Cc1ccc([C@@H]2NC(=O)N(CC(=O)Nc3ccc4c(c3)OCO4)C3=C2C(=O)OC3)cc1. The molecule has 9 heteroatoms. The number of anilines is 1. The molecule has 3 aliphatic heterocycles. The van der Waals surface area contributed by atoms with Crippen molar-refractivity contribution in [1.29, 1.82) is 0 Å². The Labute approximate surface area is 177 Å². The van der Waals surface area contributed by atoms with Crippen LogP contribution in [0.25, 0.3) is 0 Å². The Kier molecular flexibility index (Phi) is 4.50. The second kappa shape index (κ2) is 7.35. The number of fused-ring (bicyclic) bond motifs is 1. The van der Waals surface area contributed by atoms with E-state index in [9.17, 15) is 14.4 Å². The van der Waals surface area contributed by atoms with Crippen LogP contribution in [-0.4, -0.2) is 42.8 Å². The third-order valence-corrected chi connectivity index (χ3v) is 5.37. The van der Waals surface area contributed by atoms with Crippen molar-refractivity contribution in [3.05, 3.63) is 64.9 Å². The second-order valence-electron chi connectivity index (χ2n) is 7.43. The van der Waals surface area contributed by atoms with E-state index in [0.717, 1.165) is 11.1 Å². The summed E-state index contributed by atoms with van der Waals surface area (Å²) in [5, 5.41) is 5.55. The molecule has 158 valence electrons. The molecule has 2 aromatic carbocycles. The molecule has 0 unspecified atom stereocenters. The van der Waals surface area contributed by atoms with E-state index < -0.39 is 23.9 Å². The predicted octanol–water partition coefficient (Wildman–Crippen LogP) is 2.24. The van der Waals surface area contributed by atoms with Gasteiger partial charge < -0.3 is 24.8 Å². The fourth-order valence-corrected chi connectivity index (χ4v) is 3.81. The second-order valence-corrected chi connectivity index (χ2v) is 7.43. The van der Waals surface area contributed by atoms with E-state index in [0.29, 0.717) is 28.5 Å². The summed E-state index contributed by atoms with van der Waals surface area (Å²) in [7, 11) is 0. The molecule has 0 fully saturated rings. The summed E-state index contributed by atoms with van der Waals surface area (Å²) in [5.74, 6) is 0.219. The highest BCUT2D eigenvalue weighted by Gasteiger charge is 2.42. The van der Waals surface area contributed by atoms with Crippen LogP contribution >= 0.6 is 0 Å². The number of carbonyl (C=O) groups is 3. The van der Waals surface area contributed by atoms with Gasteiger partial charge in [-0.15, -0.1) is 0 Å².